The van der Waals surface area contributed by atoms with Crippen molar-refractivity contribution in [1.82, 2.24) is 5.48 Å². The van der Waals surface area contributed by atoms with E-state index < -0.39 is 0 Å². The first-order valence-corrected chi connectivity index (χ1v) is 1.97. The van der Waals surface area contributed by atoms with Crippen LogP contribution >= 0.6 is 0 Å². The van der Waals surface area contributed by atoms with E-state index in [1.807, 2.05) is 0 Å². The van der Waals surface area contributed by atoms with Crippen molar-refractivity contribution in [3.63, 3.8) is 0 Å². The molecule has 7 heavy (non-hydrogen) atoms. The lowest BCUT2D eigenvalue weighted by Gasteiger charge is -1.89. The number of hydroxylamine groups is 1. The highest BCUT2D eigenvalue weighted by Crippen LogP contribution is 1.78. The Kier molecular flexibility index (Phi) is 1.21. The quantitative estimate of drug-likeness (QED) is 0.447. The Bertz CT molecular complexity index is 131. The van der Waals surface area contributed by atoms with Crippen molar-refractivity contribution in [2.75, 3.05) is 0 Å². The highest BCUT2D eigenvalue weighted by Gasteiger charge is 1.69. The summed E-state index contributed by atoms with van der Waals surface area (Å²) < 4.78 is 0. The standard InChI is InChI=1S/C5H5NO/c1-2-4-6-7-5-3-1/h1,3-6H. The first-order valence-electron chi connectivity index (χ1n) is 1.97. The molecule has 1 N–H and O–H groups in total. The number of nitrogens with one attached hydrogen (secondary N) is 1. The zero-order valence-electron chi connectivity index (χ0n) is 3.72. The third-order valence-electron chi connectivity index (χ3n) is 0.549. The van der Waals surface area contributed by atoms with Gasteiger partial charge < -0.3 is 4.84 Å². The maximum atomic E-state index is 4.61. The summed E-state index contributed by atoms with van der Waals surface area (Å²) in [5, 5.41) is 0. The van der Waals surface area contributed by atoms with Crippen molar-refractivity contribution < 1.29 is 4.84 Å². The summed E-state index contributed by atoms with van der Waals surface area (Å²) in [7, 11) is 0. The fourth-order valence-electron chi connectivity index (χ4n) is 0.290. The van der Waals surface area contributed by atoms with Gasteiger partial charge in [0.2, 0.25) is 0 Å². The van der Waals surface area contributed by atoms with Crippen LogP contribution in [0.1, 0.15) is 0 Å². The summed E-state index contributed by atoms with van der Waals surface area (Å²) in [4.78, 5) is 4.61. The lowest BCUT2D eigenvalue weighted by atomic mass is 10.6. The molecule has 36 valence electrons. The van der Waals surface area contributed by atoms with Gasteiger partial charge in [0.05, 0.1) is 6.20 Å². The molecule has 1 rings (SSSR count). The number of hydrogen-bond acceptors (Lipinski definition) is 2. The molecule has 1 aliphatic heterocycles. The van der Waals surface area contributed by atoms with Gasteiger partial charge in [-0.2, -0.15) is 0 Å². The van der Waals surface area contributed by atoms with E-state index in [-0.39, 0.29) is 0 Å². The molecule has 0 atom stereocenters. The van der Waals surface area contributed by atoms with Crippen LogP contribution in [0, 0.1) is 0 Å². The minimum absolute atomic E-state index is 1.54. The van der Waals surface area contributed by atoms with Crippen molar-refractivity contribution in [2.24, 2.45) is 0 Å². The second-order valence-corrected chi connectivity index (χ2v) is 1.04. The van der Waals surface area contributed by atoms with Gasteiger partial charge in [-0.05, 0) is 12.2 Å². The Labute approximate surface area is 41.7 Å². The predicted octanol–water partition coefficient (Wildman–Crippen LogP) is 0.704. The van der Waals surface area contributed by atoms with E-state index in [0.717, 1.165) is 0 Å². The van der Waals surface area contributed by atoms with Gasteiger partial charge in [-0.15, -0.1) is 0 Å². The van der Waals surface area contributed by atoms with Gasteiger partial charge in [0.1, 0.15) is 6.26 Å². The fraction of sp³-hybridized carbons (Fsp3) is 0. The molecule has 0 aromatic rings. The van der Waals surface area contributed by atoms with Crippen LogP contribution in [0.5, 0.6) is 0 Å². The van der Waals surface area contributed by atoms with Crippen LogP contribution in [0.2, 0.25) is 0 Å². The topological polar surface area (TPSA) is 21.3 Å². The van der Waals surface area contributed by atoms with E-state index in [4.69, 9.17) is 0 Å². The van der Waals surface area contributed by atoms with Gasteiger partial charge in [0.15, 0.2) is 0 Å². The first kappa shape index (κ1) is 4.03. The second-order valence-electron chi connectivity index (χ2n) is 1.04. The van der Waals surface area contributed by atoms with Crippen LogP contribution in [-0.4, -0.2) is 0 Å². The molecule has 0 fully saturated rings. The molecule has 0 amide bonds. The van der Waals surface area contributed by atoms with Crippen LogP contribution in [0.15, 0.2) is 30.3 Å². The Balaban J connectivity index is 2.65. The maximum Gasteiger partial charge on any atom is 0.119 e. The van der Waals surface area contributed by atoms with E-state index in [1.54, 1.807) is 18.4 Å². The van der Waals surface area contributed by atoms with Crippen LogP contribution < -0.4 is 5.48 Å². The van der Waals surface area contributed by atoms with Crippen molar-refractivity contribution >= 4 is 0 Å². The van der Waals surface area contributed by atoms with Crippen LogP contribution in [-0.2, 0) is 4.84 Å². The Morgan fingerprint density at radius 3 is 3.57 bits per heavy atom. The van der Waals surface area contributed by atoms with Gasteiger partial charge in [0.25, 0.3) is 0 Å². The summed E-state index contributed by atoms with van der Waals surface area (Å²) in [6.07, 6.45) is 6.62. The molecule has 0 aromatic heterocycles. The number of hydrogen-bond donors (Lipinski definition) is 1. The van der Waals surface area contributed by atoms with Gasteiger partial charge in [-0.3, -0.25) is 0 Å². The lowest BCUT2D eigenvalue weighted by molar-refractivity contribution is 0.177. The summed E-state index contributed by atoms with van der Waals surface area (Å²) in [6.45, 7) is 0. The summed E-state index contributed by atoms with van der Waals surface area (Å²) in [6, 6.07) is 0. The highest BCUT2D eigenvalue weighted by molar-refractivity contribution is 5.00. The van der Waals surface area contributed by atoms with E-state index in [2.05, 4.69) is 16.0 Å². The average molecular weight is 95.1 g/mol. The molecule has 2 heteroatoms. The molecule has 0 aromatic carbocycles. The third-order valence-corrected chi connectivity index (χ3v) is 0.549. The first-order chi connectivity index (χ1) is 3.50. The van der Waals surface area contributed by atoms with Crippen molar-refractivity contribution in [2.45, 2.75) is 0 Å². The number of allylic oxidation sites excluding steroid dienone is 2. The van der Waals surface area contributed by atoms with Crippen molar-refractivity contribution in [3.05, 3.63) is 30.3 Å². The van der Waals surface area contributed by atoms with E-state index in [1.165, 1.54) is 6.26 Å². The zero-order valence-corrected chi connectivity index (χ0v) is 3.72. The summed E-state index contributed by atoms with van der Waals surface area (Å²) >= 11 is 0. The monoisotopic (exact) mass is 95.0 g/mol. The smallest absolute Gasteiger partial charge is 0.119 e. The molecule has 0 bridgehead atoms. The molecular formula is C5H5NO. The van der Waals surface area contributed by atoms with Gasteiger partial charge in [0, 0.05) is 0 Å². The van der Waals surface area contributed by atoms with E-state index in [0.29, 0.717) is 0 Å². The van der Waals surface area contributed by atoms with Crippen LogP contribution in [0.3, 0.4) is 0 Å². The maximum absolute atomic E-state index is 4.61. The number of rotatable bonds is 0. The zero-order chi connectivity index (χ0) is 4.95. The largest absolute Gasteiger partial charge is 0.390 e. The fourth-order valence-corrected chi connectivity index (χ4v) is 0.290. The predicted molar refractivity (Wildman–Crippen MR) is 26.0 cm³/mol. The Morgan fingerprint density at radius 2 is 2.57 bits per heavy atom. The molecule has 0 aliphatic carbocycles. The minimum Gasteiger partial charge on any atom is -0.390 e. The summed E-state index contributed by atoms with van der Waals surface area (Å²) in [5.74, 6) is 0. The molecule has 0 spiro atoms. The SMILES string of the molecule is C1=CC=CONC=1. The van der Waals surface area contributed by atoms with Gasteiger partial charge in [-0.25, -0.2) is 5.48 Å². The molecule has 2 nitrogen and oxygen atoms in total. The van der Waals surface area contributed by atoms with Gasteiger partial charge in [-0.1, -0.05) is 5.73 Å². The van der Waals surface area contributed by atoms with Crippen molar-refractivity contribution in [3.8, 4) is 0 Å². The van der Waals surface area contributed by atoms with Crippen molar-refractivity contribution in [1.29, 1.82) is 0 Å². The Hall–Kier alpha value is -1.14. The minimum atomic E-state index is 1.54. The third kappa shape index (κ3) is 1.16. The Morgan fingerprint density at radius 1 is 1.57 bits per heavy atom. The van der Waals surface area contributed by atoms with Crippen LogP contribution in [0.25, 0.3) is 0 Å². The highest BCUT2D eigenvalue weighted by atomic mass is 16.6. The lowest BCUT2D eigenvalue weighted by Crippen LogP contribution is -1.97. The van der Waals surface area contributed by atoms with Crippen LogP contribution in [0.4, 0.5) is 0 Å². The molecule has 0 radical (unpaired) electrons. The van der Waals surface area contributed by atoms with Gasteiger partial charge >= 0.3 is 0 Å². The molecule has 1 heterocycles. The molecule has 0 saturated heterocycles. The average Bonchev–Trinajstić information content (AvgIpc) is 1.90. The normalized spacial score (nSPS) is 14.9. The molecule has 1 aliphatic rings. The molecule has 0 saturated carbocycles. The van der Waals surface area contributed by atoms with E-state index >= 15 is 0 Å². The molecular weight excluding hydrogens is 90.1 g/mol. The molecule has 0 unspecified atom stereocenters. The second kappa shape index (κ2) is 2.11. The summed E-state index contributed by atoms with van der Waals surface area (Å²) in [5.41, 5.74) is 5.27. The van der Waals surface area contributed by atoms with E-state index in [9.17, 15) is 0 Å².